The van der Waals surface area contributed by atoms with Crippen LogP contribution in [0.25, 0.3) is 10.9 Å². The first-order valence-corrected chi connectivity index (χ1v) is 28.1. The van der Waals surface area contributed by atoms with Gasteiger partial charge in [-0.2, -0.15) is 0 Å². The minimum absolute atomic E-state index is 0.0164. The molecule has 8 rings (SSSR count). The van der Waals surface area contributed by atoms with Crippen LogP contribution in [0.4, 0.5) is 10.6 Å². The predicted octanol–water partition coefficient (Wildman–Crippen LogP) is 13.3. The van der Waals surface area contributed by atoms with Gasteiger partial charge < -0.3 is 34.5 Å². The molecule has 2 unspecified atom stereocenters. The molecule has 0 spiro atoms. The van der Waals surface area contributed by atoms with Crippen LogP contribution in [0.1, 0.15) is 107 Å². The molecule has 14 nitrogen and oxygen atoms in total. The van der Waals surface area contributed by atoms with Gasteiger partial charge in [0, 0.05) is 64.8 Å². The summed E-state index contributed by atoms with van der Waals surface area (Å²) in [5, 5.41) is 8.80. The number of nitrogens with one attached hydrogen (secondary N) is 2. The van der Waals surface area contributed by atoms with Crippen molar-refractivity contribution in [2.24, 2.45) is 16.8 Å². The number of anilines is 1. The van der Waals surface area contributed by atoms with Gasteiger partial charge in [0.15, 0.2) is 11.5 Å². The fraction of sp³-hybridized carbons (Fsp3) is 0.417. The maximum Gasteiger partial charge on any atom is 0.326 e. The second kappa shape index (κ2) is 26.5. The van der Waals surface area contributed by atoms with Crippen molar-refractivity contribution < 1.29 is 28.5 Å². The van der Waals surface area contributed by atoms with E-state index in [2.05, 4.69) is 64.4 Å². The molecule has 77 heavy (non-hydrogen) atoms. The van der Waals surface area contributed by atoms with E-state index in [0.717, 1.165) is 63.6 Å². The van der Waals surface area contributed by atoms with E-state index in [9.17, 15) is 4.79 Å². The van der Waals surface area contributed by atoms with E-state index in [-0.39, 0.29) is 30.6 Å². The summed E-state index contributed by atoms with van der Waals surface area (Å²) in [5.74, 6) is 5.24. The highest BCUT2D eigenvalue weighted by atomic mass is 79.9. The number of rotatable bonds is 22. The fourth-order valence-electron chi connectivity index (χ4n) is 9.91. The van der Waals surface area contributed by atoms with E-state index >= 15 is 4.79 Å². The van der Waals surface area contributed by atoms with E-state index in [0.29, 0.717) is 101 Å². The number of piperazine rings is 1. The van der Waals surface area contributed by atoms with Crippen LogP contribution in [0.3, 0.4) is 0 Å². The molecule has 5 aromatic carbocycles. The molecule has 2 aliphatic rings. The molecule has 2 aliphatic heterocycles. The molecule has 3 heterocycles. The monoisotopic (exact) mass is 1150 g/mol. The number of fused-ring (bicyclic) bond motifs is 1. The first-order valence-electron chi connectivity index (χ1n) is 26.6. The summed E-state index contributed by atoms with van der Waals surface area (Å²) in [6.07, 6.45) is 3.71. The number of benzene rings is 5. The zero-order valence-electron chi connectivity index (χ0n) is 45.3. The van der Waals surface area contributed by atoms with Crippen LogP contribution in [-0.2, 0) is 4.79 Å². The van der Waals surface area contributed by atoms with Gasteiger partial charge in [0.05, 0.1) is 56.6 Å². The zero-order valence-corrected chi connectivity index (χ0v) is 48.4. The van der Waals surface area contributed by atoms with Crippen molar-refractivity contribution in [2.45, 2.75) is 91.5 Å². The van der Waals surface area contributed by atoms with Gasteiger partial charge in [-0.05, 0) is 124 Å². The molecular formula is C60H71BrCl2N8O6. The van der Waals surface area contributed by atoms with Gasteiger partial charge in [0.25, 0.3) is 0 Å². The lowest BCUT2D eigenvalue weighted by Gasteiger charge is -2.39. The molecule has 0 aliphatic carbocycles. The maximum atomic E-state index is 15.2. The van der Waals surface area contributed by atoms with Gasteiger partial charge in [0.2, 0.25) is 5.91 Å². The van der Waals surface area contributed by atoms with Gasteiger partial charge in [-0.3, -0.25) is 19.6 Å². The summed E-state index contributed by atoms with van der Waals surface area (Å²) >= 11 is 16.4. The van der Waals surface area contributed by atoms with E-state index in [1.54, 1.807) is 19.1 Å². The summed E-state index contributed by atoms with van der Waals surface area (Å²) in [6, 6.07) is 31.7. The number of methoxy groups -OCH3 is 2. The van der Waals surface area contributed by atoms with Gasteiger partial charge in [-0.15, -0.1) is 0 Å². The Morgan fingerprint density at radius 1 is 0.753 bits per heavy atom. The van der Waals surface area contributed by atoms with Gasteiger partial charge >= 0.3 is 6.03 Å². The van der Waals surface area contributed by atoms with E-state index in [1.807, 2.05) is 117 Å². The number of urea groups is 1. The summed E-state index contributed by atoms with van der Waals surface area (Å²) in [7, 11) is 3.26. The number of aromatic nitrogens is 2. The van der Waals surface area contributed by atoms with E-state index in [4.69, 9.17) is 57.1 Å². The largest absolute Gasteiger partial charge is 0.497 e. The van der Waals surface area contributed by atoms with Crippen molar-refractivity contribution in [2.75, 3.05) is 65.4 Å². The summed E-state index contributed by atoms with van der Waals surface area (Å²) in [6.45, 7) is 15.8. The number of aryl methyl sites for hydroxylation is 1. The molecule has 2 N–H and O–H groups in total. The van der Waals surface area contributed by atoms with Gasteiger partial charge in [-0.1, -0.05) is 102 Å². The Morgan fingerprint density at radius 2 is 1.44 bits per heavy atom. The molecular weight excluding hydrogens is 1080 g/mol. The van der Waals surface area contributed by atoms with Gasteiger partial charge in [0.1, 0.15) is 35.0 Å². The molecule has 17 heteroatoms. The predicted molar refractivity (Wildman–Crippen MR) is 311 cm³/mol. The lowest BCUT2D eigenvalue weighted by Crippen LogP contribution is -2.55. The average Bonchev–Trinajstić information content (AvgIpc) is 3.94. The summed E-state index contributed by atoms with van der Waals surface area (Å²) < 4.78 is 25.1. The van der Waals surface area contributed by atoms with E-state index in [1.165, 1.54) is 0 Å². The highest BCUT2D eigenvalue weighted by Gasteiger charge is 2.45. The highest BCUT2D eigenvalue weighted by Crippen LogP contribution is 2.46. The molecule has 1 fully saturated rings. The summed E-state index contributed by atoms with van der Waals surface area (Å²) in [4.78, 5) is 49.1. The van der Waals surface area contributed by atoms with Crippen LogP contribution >= 0.6 is 39.1 Å². The van der Waals surface area contributed by atoms with Crippen molar-refractivity contribution in [3.63, 3.8) is 0 Å². The SMILES string of the molecule is COc1ccc(C2=N[C@@H](c3ccc(Cl)cc3)[C@@H](c3ccc(Cl)cc3)N2C(=O)N2CCN(CC(=O)NCCC(C)CCC(C)CCOc3cc4nc(C)nc(N[C@H](C)c5cccc(Br)c5)c4cc3OC)CC2)c(OC(C)C)c1. The number of hydrogen-bond donors (Lipinski definition) is 2. The number of amides is 3. The van der Waals surface area contributed by atoms with Gasteiger partial charge in [-0.25, -0.2) is 14.8 Å². The fourth-order valence-corrected chi connectivity index (χ4v) is 10.6. The van der Waals surface area contributed by atoms with Crippen LogP contribution in [0.2, 0.25) is 10.0 Å². The first-order chi connectivity index (χ1) is 37.1. The lowest BCUT2D eigenvalue weighted by atomic mass is 9.93. The minimum Gasteiger partial charge on any atom is -0.497 e. The average molecular weight is 1150 g/mol. The van der Waals surface area contributed by atoms with Crippen molar-refractivity contribution in [1.82, 2.24) is 30.0 Å². The lowest BCUT2D eigenvalue weighted by molar-refractivity contribution is -0.122. The Kier molecular flexibility index (Phi) is 19.6. The third kappa shape index (κ3) is 14.7. The van der Waals surface area contributed by atoms with Crippen LogP contribution in [0.15, 0.2) is 113 Å². The van der Waals surface area contributed by atoms with Crippen molar-refractivity contribution >= 4 is 73.6 Å². The highest BCUT2D eigenvalue weighted by molar-refractivity contribution is 9.10. The normalized spacial score (nSPS) is 17.0. The minimum atomic E-state index is -0.517. The Labute approximate surface area is 472 Å². The smallest absolute Gasteiger partial charge is 0.326 e. The number of carbonyl (C=O) groups excluding carboxylic acids is 2. The zero-order chi connectivity index (χ0) is 54.8. The Hall–Kier alpha value is -6.13. The molecule has 3 amide bonds. The standard InChI is InChI=1S/C60H71BrCl2N8O6/c1-37(2)77-52-33-48(74-7)22-23-49(52)59-68-56(42-14-18-46(62)19-15-42)57(43-16-20-47(63)21-17-43)71(59)60(73)70-29-27-69(28-30-70)36-55(72)64-26-24-38(3)12-13-39(4)25-31-76-54-35-51-50(34-53(54)75-8)58(67-41(6)66-51)65-40(5)44-10-9-11-45(61)32-44/h9-11,14-23,32-35,37-40,56-57H,12-13,24-31,36H2,1-8H3,(H,64,72)(H,65,66,67)/t38?,39?,40-,56+,57-/m1/s1. The Balaban J connectivity index is 0.817. The third-order valence-electron chi connectivity index (χ3n) is 14.3. The number of amidine groups is 1. The van der Waals surface area contributed by atoms with E-state index < -0.39 is 12.1 Å². The van der Waals surface area contributed by atoms with Crippen LogP contribution in [-0.4, -0.2) is 109 Å². The number of aliphatic imine (C=N–C) groups is 1. The second-order valence-electron chi connectivity index (χ2n) is 20.5. The number of carbonyl (C=O) groups is 2. The molecule has 0 radical (unpaired) electrons. The summed E-state index contributed by atoms with van der Waals surface area (Å²) in [5.41, 5.74) is 4.38. The van der Waals surface area contributed by atoms with Crippen LogP contribution in [0.5, 0.6) is 23.0 Å². The molecule has 408 valence electrons. The van der Waals surface area contributed by atoms with Crippen LogP contribution in [0, 0.1) is 18.8 Å². The van der Waals surface area contributed by atoms with Crippen molar-refractivity contribution in [3.05, 3.63) is 146 Å². The molecule has 1 aromatic heterocycles. The molecule has 1 saturated heterocycles. The maximum absolute atomic E-state index is 15.2. The van der Waals surface area contributed by atoms with Crippen molar-refractivity contribution in [3.8, 4) is 23.0 Å². The second-order valence-corrected chi connectivity index (χ2v) is 22.3. The number of nitrogens with zero attached hydrogens (tertiary/aromatic N) is 6. The Morgan fingerprint density at radius 3 is 2.10 bits per heavy atom. The molecule has 6 aromatic rings. The molecule has 0 saturated carbocycles. The molecule has 5 atom stereocenters. The first kappa shape index (κ1) is 57.1. The van der Waals surface area contributed by atoms with Crippen LogP contribution < -0.4 is 29.6 Å². The third-order valence-corrected chi connectivity index (χ3v) is 15.3. The Bertz CT molecular complexity index is 3010. The number of hydrogen-bond acceptors (Lipinski definition) is 11. The number of halogens is 3. The van der Waals surface area contributed by atoms with Crippen molar-refractivity contribution in [1.29, 1.82) is 0 Å². The number of ether oxygens (including phenoxy) is 4. The quantitative estimate of drug-likeness (QED) is 0.0674. The topological polar surface area (TPSA) is 143 Å². The molecule has 0 bridgehead atoms.